The van der Waals surface area contributed by atoms with Crippen molar-refractivity contribution in [2.75, 3.05) is 20.4 Å². The number of methoxy groups -OCH3 is 2. The number of nitrogens with two attached hydrogens (primary N) is 1. The second-order valence-corrected chi connectivity index (χ2v) is 7.57. The maximum absolute atomic E-state index is 12.3. The molecule has 0 spiro atoms. The molecule has 3 atom stereocenters. The van der Waals surface area contributed by atoms with Crippen molar-refractivity contribution < 1.29 is 38.9 Å². The largest absolute Gasteiger partial charge is 0.500 e. The summed E-state index contributed by atoms with van der Waals surface area (Å²) in [6, 6.07) is 0.628. The van der Waals surface area contributed by atoms with Crippen molar-refractivity contribution in [3.8, 4) is 11.5 Å². The molecule has 1 aromatic carbocycles. The minimum atomic E-state index is -4.30. The molecule has 0 aliphatic rings. The van der Waals surface area contributed by atoms with Crippen LogP contribution < -0.4 is 10.5 Å². The van der Waals surface area contributed by atoms with Crippen LogP contribution in [0.2, 0.25) is 0 Å². The Kier molecular flexibility index (Phi) is 6.88. The zero-order valence-electron chi connectivity index (χ0n) is 13.5. The first-order valence-electron chi connectivity index (χ1n) is 6.93. The molecular weight excluding hydrogens is 359 g/mol. The highest BCUT2D eigenvalue weighted by Gasteiger charge is 2.34. The fraction of sp³-hybridized carbons (Fsp3) is 0.462. The Labute approximate surface area is 142 Å². The van der Waals surface area contributed by atoms with Gasteiger partial charge in [0.2, 0.25) is 13.1 Å². The van der Waals surface area contributed by atoms with Gasteiger partial charge < -0.3 is 30.3 Å². The Morgan fingerprint density at radius 1 is 1.44 bits per heavy atom. The molecule has 5 N–H and O–H groups in total. The number of nitro benzene ring substituents is 1. The summed E-state index contributed by atoms with van der Waals surface area (Å²) in [6.07, 6.45) is -0.768. The van der Waals surface area contributed by atoms with Gasteiger partial charge in [-0.2, -0.15) is 0 Å². The second-order valence-electron chi connectivity index (χ2n) is 5.12. The molecule has 0 aliphatic carbocycles. The van der Waals surface area contributed by atoms with Gasteiger partial charge in [-0.15, -0.1) is 0 Å². The van der Waals surface area contributed by atoms with E-state index in [1.165, 1.54) is 0 Å². The van der Waals surface area contributed by atoms with Gasteiger partial charge in [0.25, 0.3) is 0 Å². The van der Waals surface area contributed by atoms with Gasteiger partial charge in [0.05, 0.1) is 19.1 Å². The van der Waals surface area contributed by atoms with Gasteiger partial charge in [0.1, 0.15) is 6.04 Å². The fourth-order valence-electron chi connectivity index (χ4n) is 2.01. The molecule has 1 aromatic rings. The van der Waals surface area contributed by atoms with Crippen LogP contribution in [0.4, 0.5) is 5.69 Å². The van der Waals surface area contributed by atoms with E-state index in [-0.39, 0.29) is 17.7 Å². The van der Waals surface area contributed by atoms with Crippen LogP contribution in [-0.2, 0) is 14.1 Å². The van der Waals surface area contributed by atoms with E-state index in [9.17, 15) is 34.6 Å². The Hall–Kier alpha value is -2.20. The van der Waals surface area contributed by atoms with Gasteiger partial charge >= 0.3 is 11.7 Å². The summed E-state index contributed by atoms with van der Waals surface area (Å²) in [5, 5.41) is 30.8. The Balaban J connectivity index is 3.10. The number of phenolic OH excluding ortho intramolecular Hbond substituents is 1. The summed E-state index contributed by atoms with van der Waals surface area (Å²) < 4.78 is 21.5. The van der Waals surface area contributed by atoms with Crippen molar-refractivity contribution >= 4 is 19.0 Å². The molecule has 0 saturated carbocycles. The van der Waals surface area contributed by atoms with Crippen LogP contribution in [0.3, 0.4) is 0 Å². The molecule has 11 nitrogen and oxygen atoms in total. The number of phenols is 1. The lowest BCUT2D eigenvalue weighted by atomic mass is 10.2. The fourth-order valence-corrected chi connectivity index (χ4v) is 3.51. The lowest BCUT2D eigenvalue weighted by Crippen LogP contribution is -2.32. The predicted octanol–water partition coefficient (Wildman–Crippen LogP) is 0.461. The first-order valence-corrected chi connectivity index (χ1v) is 8.84. The first-order chi connectivity index (χ1) is 11.5. The number of esters is 1. The van der Waals surface area contributed by atoms with E-state index >= 15 is 0 Å². The lowest BCUT2D eigenvalue weighted by molar-refractivity contribution is -0.386. The maximum Gasteiger partial charge on any atom is 0.322 e. The molecule has 25 heavy (non-hydrogen) atoms. The number of benzene rings is 1. The number of aliphatic hydroxyl groups is 1. The van der Waals surface area contributed by atoms with E-state index in [1.54, 1.807) is 0 Å². The van der Waals surface area contributed by atoms with Gasteiger partial charge in [0, 0.05) is 17.8 Å². The van der Waals surface area contributed by atoms with Crippen molar-refractivity contribution in [1.82, 2.24) is 0 Å². The minimum absolute atomic E-state index is 0.241. The van der Waals surface area contributed by atoms with Gasteiger partial charge in [0.15, 0.2) is 11.6 Å². The predicted molar refractivity (Wildman–Crippen MR) is 85.6 cm³/mol. The molecule has 0 heterocycles. The van der Waals surface area contributed by atoms with Gasteiger partial charge in [-0.25, -0.2) is 0 Å². The second kappa shape index (κ2) is 8.26. The van der Waals surface area contributed by atoms with Crippen LogP contribution in [0.15, 0.2) is 12.1 Å². The number of hydrogen-bond donors (Lipinski definition) is 4. The highest BCUT2D eigenvalue weighted by atomic mass is 31.2. The van der Waals surface area contributed by atoms with Crippen molar-refractivity contribution in [2.24, 2.45) is 5.73 Å². The summed E-state index contributed by atoms with van der Waals surface area (Å²) in [7, 11) is -2.06. The Morgan fingerprint density at radius 2 is 2.04 bits per heavy atom. The summed E-state index contributed by atoms with van der Waals surface area (Å²) in [4.78, 5) is 31.3. The van der Waals surface area contributed by atoms with Crippen LogP contribution in [0, 0.1) is 10.1 Å². The highest BCUT2D eigenvalue weighted by molar-refractivity contribution is 7.58. The number of aliphatic hydroxyl groups excluding tert-OH is 1. The van der Waals surface area contributed by atoms with E-state index in [0.717, 1.165) is 26.4 Å². The van der Waals surface area contributed by atoms with Crippen LogP contribution in [-0.4, -0.2) is 52.4 Å². The molecule has 0 aliphatic heterocycles. The van der Waals surface area contributed by atoms with Gasteiger partial charge in [-0.05, 0) is 12.5 Å². The number of aromatic hydroxyl groups is 1. The van der Waals surface area contributed by atoms with Crippen molar-refractivity contribution in [1.29, 1.82) is 0 Å². The zero-order valence-corrected chi connectivity index (χ0v) is 14.4. The van der Waals surface area contributed by atoms with Crippen molar-refractivity contribution in [3.63, 3.8) is 0 Å². The molecule has 1 rings (SSSR count). The third-order valence-electron chi connectivity index (χ3n) is 3.44. The van der Waals surface area contributed by atoms with E-state index in [0.29, 0.717) is 0 Å². The number of ether oxygens (including phenoxy) is 2. The van der Waals surface area contributed by atoms with E-state index < -0.39 is 47.7 Å². The highest BCUT2D eigenvalue weighted by Crippen LogP contribution is 2.56. The third-order valence-corrected chi connectivity index (χ3v) is 5.40. The SMILES string of the molecule is COC(=O)[C@@H](N)CCP(=O)(O)[C@H](O)c1cc(OC)c(O)c([N+](=O)[O-])c1. The number of nitrogens with zero attached hydrogens (tertiary/aromatic N) is 1. The van der Waals surface area contributed by atoms with Crippen LogP contribution >= 0.6 is 7.37 Å². The van der Waals surface area contributed by atoms with Crippen molar-refractivity contribution in [3.05, 3.63) is 27.8 Å². The number of nitro groups is 1. The standard InChI is InChI=1S/C13H19N2O9P/c1-23-10-6-7(5-9(11(10)16)15(19)20)13(18)25(21,22)4-3-8(14)12(17)24-2/h5-6,8,13,16,18H,3-4,14H2,1-2H3,(H,21,22)/t8-,13-/m0/s1. The third kappa shape index (κ3) is 4.89. The monoisotopic (exact) mass is 378 g/mol. The quantitative estimate of drug-likeness (QED) is 0.214. The lowest BCUT2D eigenvalue weighted by Gasteiger charge is -2.20. The zero-order chi connectivity index (χ0) is 19.4. The minimum Gasteiger partial charge on any atom is -0.500 e. The topological polar surface area (TPSA) is 182 Å². The summed E-state index contributed by atoms with van der Waals surface area (Å²) >= 11 is 0. The molecule has 1 unspecified atom stereocenters. The molecule has 12 heteroatoms. The molecular formula is C13H19N2O9P. The van der Waals surface area contributed by atoms with Crippen LogP contribution in [0.25, 0.3) is 0 Å². The van der Waals surface area contributed by atoms with E-state index in [1.807, 2.05) is 0 Å². The Morgan fingerprint density at radius 3 is 2.52 bits per heavy atom. The summed E-state index contributed by atoms with van der Waals surface area (Å²) in [5.41, 5.74) is 4.39. The Bertz CT molecular complexity index is 709. The number of hydrogen-bond acceptors (Lipinski definition) is 9. The molecule has 0 amide bonds. The maximum atomic E-state index is 12.3. The first kappa shape index (κ1) is 20.8. The number of carbonyl (C=O) groups excluding carboxylic acids is 1. The molecule has 140 valence electrons. The molecule has 0 radical (unpaired) electrons. The average Bonchev–Trinajstić information content (AvgIpc) is 2.58. The molecule has 0 aromatic heterocycles. The number of carbonyl (C=O) groups is 1. The van der Waals surface area contributed by atoms with Crippen LogP contribution in [0.5, 0.6) is 11.5 Å². The normalized spacial score (nSPS) is 15.7. The molecule has 0 bridgehead atoms. The van der Waals surface area contributed by atoms with E-state index in [2.05, 4.69) is 4.74 Å². The van der Waals surface area contributed by atoms with Gasteiger partial charge in [-0.1, -0.05) is 0 Å². The van der Waals surface area contributed by atoms with Crippen LogP contribution in [0.1, 0.15) is 17.8 Å². The number of rotatable bonds is 8. The molecule has 0 fully saturated rings. The summed E-state index contributed by atoms with van der Waals surface area (Å²) in [6.45, 7) is 0. The average molecular weight is 378 g/mol. The van der Waals surface area contributed by atoms with E-state index in [4.69, 9.17) is 10.5 Å². The smallest absolute Gasteiger partial charge is 0.322 e. The summed E-state index contributed by atoms with van der Waals surface area (Å²) in [5.74, 6) is -3.89. The molecule has 0 saturated heterocycles. The van der Waals surface area contributed by atoms with Crippen molar-refractivity contribution in [2.45, 2.75) is 18.3 Å². The van der Waals surface area contributed by atoms with Gasteiger partial charge in [-0.3, -0.25) is 19.5 Å².